The number of benzene rings is 1. The highest BCUT2D eigenvalue weighted by Crippen LogP contribution is 2.20. The van der Waals surface area contributed by atoms with Crippen LogP contribution in [0, 0.1) is 13.8 Å². The monoisotopic (exact) mass is 354 g/mol. The highest BCUT2D eigenvalue weighted by atomic mass is 16.5. The van der Waals surface area contributed by atoms with Gasteiger partial charge >= 0.3 is 0 Å². The van der Waals surface area contributed by atoms with Gasteiger partial charge in [-0.3, -0.25) is 19.4 Å². The van der Waals surface area contributed by atoms with E-state index < -0.39 is 0 Å². The van der Waals surface area contributed by atoms with Crippen molar-refractivity contribution < 1.29 is 9.53 Å². The maximum atomic E-state index is 12.7. The Balaban J connectivity index is 1.81. The van der Waals surface area contributed by atoms with Crippen molar-refractivity contribution in [1.29, 1.82) is 0 Å². The van der Waals surface area contributed by atoms with Crippen LogP contribution in [0.1, 0.15) is 27.2 Å². The Bertz CT molecular complexity index is 1030. The van der Waals surface area contributed by atoms with Crippen molar-refractivity contribution in [3.8, 4) is 5.75 Å². The Kier molecular flexibility index (Phi) is 4.79. The summed E-state index contributed by atoms with van der Waals surface area (Å²) in [7, 11) is 3.33. The minimum atomic E-state index is -0.319. The fourth-order valence-electron chi connectivity index (χ4n) is 3.07. The van der Waals surface area contributed by atoms with Crippen molar-refractivity contribution in [3.63, 3.8) is 0 Å². The highest BCUT2D eigenvalue weighted by molar-refractivity contribution is 6.05. The van der Waals surface area contributed by atoms with E-state index in [4.69, 9.17) is 4.74 Å². The number of carbonyl (C=O) groups is 1. The molecule has 0 radical (unpaired) electrons. The van der Waals surface area contributed by atoms with E-state index in [9.17, 15) is 9.59 Å². The minimum absolute atomic E-state index is 0.288. The molecule has 3 aromatic rings. The van der Waals surface area contributed by atoms with Crippen molar-refractivity contribution in [1.82, 2.24) is 20.1 Å². The molecule has 0 saturated heterocycles. The molecule has 2 N–H and O–H groups in total. The summed E-state index contributed by atoms with van der Waals surface area (Å²) in [5, 5.41) is 5.84. The van der Waals surface area contributed by atoms with Crippen LogP contribution in [0.5, 0.6) is 5.75 Å². The standard InChI is InChI=1S/C19H22N4O3/c1-11-5-6-15(26-4)13(9-11)7-8-20-18(24)14-10-12(2)21-17-16(14)19(25)22-23(17)3/h5-6,9-10H,7-8H2,1-4H3,(H,20,24)(H,22,25). The molecular weight excluding hydrogens is 332 g/mol. The van der Waals surface area contributed by atoms with Gasteiger partial charge in [-0.2, -0.15) is 0 Å². The molecule has 0 unspecified atom stereocenters. The summed E-state index contributed by atoms with van der Waals surface area (Å²) in [5.74, 6) is 0.510. The molecule has 0 atom stereocenters. The number of rotatable bonds is 5. The first kappa shape index (κ1) is 17.7. The third kappa shape index (κ3) is 3.33. The third-order valence-electron chi connectivity index (χ3n) is 4.30. The highest BCUT2D eigenvalue weighted by Gasteiger charge is 2.17. The second-order valence-corrected chi connectivity index (χ2v) is 6.33. The zero-order valence-corrected chi connectivity index (χ0v) is 15.3. The largest absolute Gasteiger partial charge is 0.496 e. The fourth-order valence-corrected chi connectivity index (χ4v) is 3.07. The number of aromatic amines is 1. The van der Waals surface area contributed by atoms with E-state index in [-0.39, 0.29) is 11.5 Å². The van der Waals surface area contributed by atoms with Gasteiger partial charge in [-0.25, -0.2) is 4.98 Å². The van der Waals surface area contributed by atoms with Crippen LogP contribution in [0.4, 0.5) is 0 Å². The number of methoxy groups -OCH3 is 1. The number of nitrogens with one attached hydrogen (secondary N) is 2. The van der Waals surface area contributed by atoms with Crippen LogP contribution >= 0.6 is 0 Å². The van der Waals surface area contributed by atoms with Gasteiger partial charge < -0.3 is 10.1 Å². The Morgan fingerprint density at radius 1 is 1.31 bits per heavy atom. The normalized spacial score (nSPS) is 10.9. The molecule has 3 rings (SSSR count). The fraction of sp³-hybridized carbons (Fsp3) is 0.316. The van der Waals surface area contributed by atoms with Crippen molar-refractivity contribution in [2.24, 2.45) is 7.05 Å². The lowest BCUT2D eigenvalue weighted by molar-refractivity contribution is 0.0955. The van der Waals surface area contributed by atoms with Crippen molar-refractivity contribution in [2.45, 2.75) is 20.3 Å². The van der Waals surface area contributed by atoms with Crippen LogP contribution in [-0.2, 0) is 13.5 Å². The van der Waals surface area contributed by atoms with Crippen LogP contribution < -0.4 is 15.6 Å². The van der Waals surface area contributed by atoms with E-state index in [0.29, 0.717) is 35.3 Å². The van der Waals surface area contributed by atoms with Gasteiger partial charge in [0.25, 0.3) is 11.5 Å². The number of ether oxygens (including phenoxy) is 1. The van der Waals surface area contributed by atoms with Crippen molar-refractivity contribution in [3.05, 3.63) is 57.0 Å². The molecule has 0 aliphatic heterocycles. The Labute approximate surface area is 151 Å². The molecule has 1 amide bonds. The SMILES string of the molecule is COc1ccc(C)cc1CCNC(=O)c1cc(C)nc2c1c(=O)[nH]n2C. The number of fused-ring (bicyclic) bond motifs is 1. The van der Waals surface area contributed by atoms with Crippen molar-refractivity contribution in [2.75, 3.05) is 13.7 Å². The number of aryl methyl sites for hydroxylation is 3. The smallest absolute Gasteiger partial charge is 0.274 e. The molecular formula is C19H22N4O3. The molecule has 7 heteroatoms. The number of hydrogen-bond donors (Lipinski definition) is 2. The summed E-state index contributed by atoms with van der Waals surface area (Å²) in [6, 6.07) is 7.59. The molecule has 0 fully saturated rings. The number of nitrogens with zero attached hydrogens (tertiary/aromatic N) is 2. The topological polar surface area (TPSA) is 89.0 Å². The van der Waals surface area contributed by atoms with Gasteiger partial charge in [0, 0.05) is 19.3 Å². The number of hydrogen-bond acceptors (Lipinski definition) is 4. The molecule has 2 heterocycles. The number of aromatic nitrogens is 3. The predicted octanol–water partition coefficient (Wildman–Crippen LogP) is 1.86. The van der Waals surface area contributed by atoms with Crippen LogP contribution in [0.2, 0.25) is 0 Å². The Morgan fingerprint density at radius 3 is 2.81 bits per heavy atom. The second kappa shape index (κ2) is 7.03. The lowest BCUT2D eigenvalue weighted by Gasteiger charge is -2.11. The number of amides is 1. The van der Waals surface area contributed by atoms with Gasteiger partial charge in [0.05, 0.1) is 18.1 Å². The number of carbonyl (C=O) groups excluding carboxylic acids is 1. The molecule has 26 heavy (non-hydrogen) atoms. The van der Waals surface area contributed by atoms with E-state index in [1.54, 1.807) is 27.1 Å². The molecule has 0 aliphatic rings. The van der Waals surface area contributed by atoms with E-state index in [1.165, 1.54) is 4.68 Å². The molecule has 0 spiro atoms. The molecule has 1 aromatic carbocycles. The third-order valence-corrected chi connectivity index (χ3v) is 4.30. The average molecular weight is 354 g/mol. The van der Waals surface area contributed by atoms with Crippen LogP contribution in [-0.4, -0.2) is 34.3 Å². The molecule has 0 aliphatic carbocycles. The maximum absolute atomic E-state index is 12.7. The summed E-state index contributed by atoms with van der Waals surface area (Å²) in [6.07, 6.45) is 0.634. The molecule has 2 aromatic heterocycles. The predicted molar refractivity (Wildman–Crippen MR) is 99.8 cm³/mol. The molecule has 136 valence electrons. The number of H-pyrrole nitrogens is 1. The minimum Gasteiger partial charge on any atom is -0.496 e. The quantitative estimate of drug-likeness (QED) is 0.732. The first-order valence-electron chi connectivity index (χ1n) is 8.38. The first-order valence-corrected chi connectivity index (χ1v) is 8.38. The summed E-state index contributed by atoms with van der Waals surface area (Å²) in [4.78, 5) is 29.1. The zero-order chi connectivity index (χ0) is 18.8. The van der Waals surface area contributed by atoms with E-state index in [0.717, 1.165) is 16.9 Å². The Hall–Kier alpha value is -3.09. The molecule has 7 nitrogen and oxygen atoms in total. The summed E-state index contributed by atoms with van der Waals surface area (Å²) >= 11 is 0. The maximum Gasteiger partial charge on any atom is 0.274 e. The summed E-state index contributed by atoms with van der Waals surface area (Å²) < 4.78 is 6.89. The lowest BCUT2D eigenvalue weighted by Crippen LogP contribution is -2.27. The van der Waals surface area contributed by atoms with E-state index >= 15 is 0 Å². The van der Waals surface area contributed by atoms with Gasteiger partial charge in [-0.15, -0.1) is 0 Å². The molecule has 0 bridgehead atoms. The summed E-state index contributed by atoms with van der Waals surface area (Å²) in [5.41, 5.74) is 3.33. The summed E-state index contributed by atoms with van der Waals surface area (Å²) in [6.45, 7) is 4.25. The van der Waals surface area contributed by atoms with Crippen molar-refractivity contribution >= 4 is 16.9 Å². The second-order valence-electron chi connectivity index (χ2n) is 6.33. The van der Waals surface area contributed by atoms with Crippen LogP contribution in [0.25, 0.3) is 11.0 Å². The Morgan fingerprint density at radius 2 is 2.08 bits per heavy atom. The van der Waals surface area contributed by atoms with Gasteiger partial charge in [0.1, 0.15) is 5.75 Å². The average Bonchev–Trinajstić information content (AvgIpc) is 2.88. The van der Waals surface area contributed by atoms with E-state index in [1.807, 2.05) is 25.1 Å². The first-order chi connectivity index (χ1) is 12.4. The number of pyridine rings is 1. The zero-order valence-electron chi connectivity index (χ0n) is 15.3. The van der Waals surface area contributed by atoms with Crippen LogP contribution in [0.3, 0.4) is 0 Å². The van der Waals surface area contributed by atoms with Gasteiger partial charge in [0.2, 0.25) is 0 Å². The van der Waals surface area contributed by atoms with Gasteiger partial charge in [-0.05, 0) is 38.0 Å². The molecule has 0 saturated carbocycles. The van der Waals surface area contributed by atoms with Gasteiger partial charge in [0.15, 0.2) is 5.65 Å². The lowest BCUT2D eigenvalue weighted by atomic mass is 10.1. The van der Waals surface area contributed by atoms with E-state index in [2.05, 4.69) is 15.4 Å². The van der Waals surface area contributed by atoms with Crippen LogP contribution in [0.15, 0.2) is 29.1 Å². The van der Waals surface area contributed by atoms with Gasteiger partial charge in [-0.1, -0.05) is 17.7 Å².